The Balaban J connectivity index is 2.47. The zero-order valence-electron chi connectivity index (χ0n) is 9.47. The third kappa shape index (κ3) is 3.21. The number of nitrogens with one attached hydrogen (secondary N) is 2. The average molecular weight is 209 g/mol. The van der Waals surface area contributed by atoms with Gasteiger partial charge in [0.05, 0.1) is 18.5 Å². The van der Waals surface area contributed by atoms with Gasteiger partial charge in [-0.3, -0.25) is 4.79 Å². The first-order valence-electron chi connectivity index (χ1n) is 5.46. The Morgan fingerprint density at radius 1 is 1.67 bits per heavy atom. The van der Waals surface area contributed by atoms with Crippen LogP contribution in [0.4, 0.5) is 0 Å². The summed E-state index contributed by atoms with van der Waals surface area (Å²) in [6, 6.07) is 1.89. The molecule has 15 heavy (non-hydrogen) atoms. The average Bonchev–Trinajstić information content (AvgIpc) is 2.17. The highest BCUT2D eigenvalue weighted by Gasteiger charge is 2.36. The molecule has 4 heteroatoms. The first kappa shape index (κ1) is 12.0. The fourth-order valence-corrected chi connectivity index (χ4v) is 2.00. The molecule has 84 valence electrons. The van der Waals surface area contributed by atoms with Crippen molar-refractivity contribution in [3.05, 3.63) is 0 Å². The van der Waals surface area contributed by atoms with Crippen LogP contribution in [0.15, 0.2) is 0 Å². The zero-order valence-corrected chi connectivity index (χ0v) is 9.47. The predicted octanol–water partition coefficient (Wildman–Crippen LogP) is 0.794. The van der Waals surface area contributed by atoms with Crippen molar-refractivity contribution in [1.29, 1.82) is 5.26 Å². The summed E-state index contributed by atoms with van der Waals surface area (Å²) in [5, 5.41) is 14.4. The van der Waals surface area contributed by atoms with E-state index >= 15 is 0 Å². The van der Waals surface area contributed by atoms with Gasteiger partial charge in [-0.25, -0.2) is 0 Å². The Hall–Kier alpha value is -1.08. The molecule has 1 aliphatic heterocycles. The van der Waals surface area contributed by atoms with Crippen LogP contribution < -0.4 is 10.6 Å². The minimum Gasteiger partial charge on any atom is -0.354 e. The molecular weight excluding hydrogens is 190 g/mol. The second kappa shape index (κ2) is 5.13. The molecule has 1 fully saturated rings. The Morgan fingerprint density at radius 3 is 3.00 bits per heavy atom. The second-order valence-electron chi connectivity index (χ2n) is 4.68. The van der Waals surface area contributed by atoms with Crippen molar-refractivity contribution >= 4 is 5.91 Å². The first-order chi connectivity index (χ1) is 7.08. The molecule has 0 spiro atoms. The van der Waals surface area contributed by atoms with Crippen LogP contribution in [-0.2, 0) is 4.79 Å². The van der Waals surface area contributed by atoms with Gasteiger partial charge in [0.1, 0.15) is 0 Å². The Morgan fingerprint density at radius 2 is 2.40 bits per heavy atom. The molecule has 0 radical (unpaired) electrons. The number of nitriles is 1. The van der Waals surface area contributed by atoms with Crippen LogP contribution in [0.25, 0.3) is 0 Å². The summed E-state index contributed by atoms with van der Waals surface area (Å²) in [5.41, 5.74) is 0.00891. The van der Waals surface area contributed by atoms with Crippen molar-refractivity contribution < 1.29 is 4.79 Å². The highest BCUT2D eigenvalue weighted by Crippen LogP contribution is 2.29. The Kier molecular flexibility index (Phi) is 4.10. The van der Waals surface area contributed by atoms with E-state index in [9.17, 15) is 4.79 Å². The molecule has 0 saturated carbocycles. The summed E-state index contributed by atoms with van der Waals surface area (Å²) in [4.78, 5) is 11.8. The largest absolute Gasteiger partial charge is 0.354 e. The SMILES string of the molecule is CC1(C)CCCNC1C(=O)NCCC#N. The zero-order chi connectivity index (χ0) is 11.3. The molecular formula is C11H19N3O. The lowest BCUT2D eigenvalue weighted by Crippen LogP contribution is -2.55. The molecule has 0 aromatic carbocycles. The summed E-state index contributed by atoms with van der Waals surface area (Å²) < 4.78 is 0. The highest BCUT2D eigenvalue weighted by atomic mass is 16.2. The van der Waals surface area contributed by atoms with Gasteiger partial charge >= 0.3 is 0 Å². The van der Waals surface area contributed by atoms with Gasteiger partial charge < -0.3 is 10.6 Å². The molecule has 1 amide bonds. The predicted molar refractivity (Wildman–Crippen MR) is 58.0 cm³/mol. The fraction of sp³-hybridized carbons (Fsp3) is 0.818. The molecule has 1 aliphatic rings. The lowest BCUT2D eigenvalue weighted by atomic mass is 9.77. The number of nitrogens with zero attached hydrogens (tertiary/aromatic N) is 1. The number of carbonyl (C=O) groups excluding carboxylic acids is 1. The first-order valence-corrected chi connectivity index (χ1v) is 5.46. The lowest BCUT2D eigenvalue weighted by molar-refractivity contribution is -0.126. The number of piperidine rings is 1. The minimum absolute atomic E-state index is 0.00891. The lowest BCUT2D eigenvalue weighted by Gasteiger charge is -2.38. The quantitative estimate of drug-likeness (QED) is 0.675. The van der Waals surface area contributed by atoms with Gasteiger partial charge in [0, 0.05) is 6.54 Å². The van der Waals surface area contributed by atoms with Gasteiger partial charge in [-0.2, -0.15) is 5.26 Å². The van der Waals surface area contributed by atoms with Gasteiger partial charge in [-0.15, -0.1) is 0 Å². The van der Waals surface area contributed by atoms with Crippen LogP contribution in [0.5, 0.6) is 0 Å². The highest BCUT2D eigenvalue weighted by molar-refractivity contribution is 5.82. The topological polar surface area (TPSA) is 64.9 Å². The van der Waals surface area contributed by atoms with E-state index in [-0.39, 0.29) is 17.4 Å². The van der Waals surface area contributed by atoms with E-state index in [1.165, 1.54) is 0 Å². The maximum absolute atomic E-state index is 11.8. The summed E-state index contributed by atoms with van der Waals surface area (Å²) in [6.45, 7) is 5.56. The van der Waals surface area contributed by atoms with Crippen LogP contribution in [0.2, 0.25) is 0 Å². The van der Waals surface area contributed by atoms with Gasteiger partial charge in [0.2, 0.25) is 5.91 Å². The standard InChI is InChI=1S/C11H19N3O/c1-11(2)5-3-7-13-9(11)10(15)14-8-4-6-12/h9,13H,3-5,7-8H2,1-2H3,(H,14,15). The number of amides is 1. The van der Waals surface area contributed by atoms with E-state index in [0.29, 0.717) is 13.0 Å². The summed E-state index contributed by atoms with van der Waals surface area (Å²) in [7, 11) is 0. The van der Waals surface area contributed by atoms with E-state index in [2.05, 4.69) is 24.5 Å². The summed E-state index contributed by atoms with van der Waals surface area (Å²) >= 11 is 0. The van der Waals surface area contributed by atoms with E-state index in [0.717, 1.165) is 19.4 Å². The van der Waals surface area contributed by atoms with E-state index in [4.69, 9.17) is 5.26 Å². The number of rotatable bonds is 3. The van der Waals surface area contributed by atoms with Crippen LogP contribution >= 0.6 is 0 Å². The molecule has 0 aromatic rings. The third-order valence-electron chi connectivity index (χ3n) is 2.93. The molecule has 0 bridgehead atoms. The molecule has 1 heterocycles. The fourth-order valence-electron chi connectivity index (χ4n) is 2.00. The maximum atomic E-state index is 11.8. The third-order valence-corrected chi connectivity index (χ3v) is 2.93. The van der Waals surface area contributed by atoms with E-state index in [1.54, 1.807) is 0 Å². The van der Waals surface area contributed by atoms with Crippen molar-refractivity contribution in [3.8, 4) is 6.07 Å². The minimum atomic E-state index is -0.120. The van der Waals surface area contributed by atoms with Crippen molar-refractivity contribution in [2.75, 3.05) is 13.1 Å². The number of hydrogen-bond acceptors (Lipinski definition) is 3. The Bertz CT molecular complexity index is 267. The van der Waals surface area contributed by atoms with Gasteiger partial charge in [-0.1, -0.05) is 13.8 Å². The molecule has 1 atom stereocenters. The molecule has 2 N–H and O–H groups in total. The van der Waals surface area contributed by atoms with Crippen LogP contribution in [0.3, 0.4) is 0 Å². The maximum Gasteiger partial charge on any atom is 0.237 e. The molecule has 1 rings (SSSR count). The van der Waals surface area contributed by atoms with Crippen molar-refractivity contribution in [3.63, 3.8) is 0 Å². The Labute approximate surface area is 91.0 Å². The monoisotopic (exact) mass is 209 g/mol. The van der Waals surface area contributed by atoms with Gasteiger partial charge in [0.15, 0.2) is 0 Å². The van der Waals surface area contributed by atoms with Crippen LogP contribution in [0.1, 0.15) is 33.1 Å². The smallest absolute Gasteiger partial charge is 0.237 e. The van der Waals surface area contributed by atoms with Gasteiger partial charge in [-0.05, 0) is 24.8 Å². The van der Waals surface area contributed by atoms with Crippen molar-refractivity contribution in [1.82, 2.24) is 10.6 Å². The summed E-state index contributed by atoms with van der Waals surface area (Å²) in [6.07, 6.45) is 2.56. The molecule has 0 aromatic heterocycles. The van der Waals surface area contributed by atoms with E-state index in [1.807, 2.05) is 6.07 Å². The van der Waals surface area contributed by atoms with Crippen molar-refractivity contribution in [2.24, 2.45) is 5.41 Å². The molecule has 1 saturated heterocycles. The van der Waals surface area contributed by atoms with Crippen LogP contribution in [-0.4, -0.2) is 25.0 Å². The molecule has 1 unspecified atom stereocenters. The van der Waals surface area contributed by atoms with E-state index < -0.39 is 0 Å². The molecule has 4 nitrogen and oxygen atoms in total. The number of hydrogen-bond donors (Lipinski definition) is 2. The summed E-state index contributed by atoms with van der Waals surface area (Å²) in [5.74, 6) is 0.0231. The second-order valence-corrected chi connectivity index (χ2v) is 4.68. The molecule has 0 aliphatic carbocycles. The normalized spacial score (nSPS) is 24.2. The van der Waals surface area contributed by atoms with Gasteiger partial charge in [0.25, 0.3) is 0 Å². The van der Waals surface area contributed by atoms with Crippen molar-refractivity contribution in [2.45, 2.75) is 39.2 Å². The number of carbonyl (C=O) groups is 1. The van der Waals surface area contributed by atoms with Crippen LogP contribution in [0, 0.1) is 16.7 Å².